The van der Waals surface area contributed by atoms with Crippen molar-refractivity contribution in [3.05, 3.63) is 59.2 Å². The molecule has 0 fully saturated rings. The van der Waals surface area contributed by atoms with Crippen LogP contribution in [0.15, 0.2) is 58.0 Å². The Labute approximate surface area is 175 Å². The molecule has 2 heterocycles. The summed E-state index contributed by atoms with van der Waals surface area (Å²) in [6.45, 7) is 1.88. The second-order valence-corrected chi connectivity index (χ2v) is 8.72. The van der Waals surface area contributed by atoms with Crippen molar-refractivity contribution in [2.45, 2.75) is 30.5 Å². The largest absolute Gasteiger partial charge is 0.490 e. The zero-order valence-electron chi connectivity index (χ0n) is 16.1. The van der Waals surface area contributed by atoms with Crippen LogP contribution in [0.25, 0.3) is 6.08 Å². The lowest BCUT2D eigenvalue weighted by molar-refractivity contribution is -0.114. The molecule has 2 N–H and O–H groups in total. The number of benzene rings is 2. The lowest BCUT2D eigenvalue weighted by Gasteiger charge is -2.12. The third-order valence-corrected chi connectivity index (χ3v) is 5.72. The van der Waals surface area contributed by atoms with E-state index in [1.807, 2.05) is 6.92 Å². The van der Waals surface area contributed by atoms with E-state index < -0.39 is 33.4 Å². The van der Waals surface area contributed by atoms with Crippen molar-refractivity contribution in [2.75, 3.05) is 5.01 Å². The van der Waals surface area contributed by atoms with Gasteiger partial charge in [0, 0.05) is 6.42 Å². The Bertz CT molecular complexity index is 1240. The number of ether oxygens (including phenoxy) is 1. The molecule has 0 bridgehead atoms. The number of nitrogens with zero attached hydrogens (tertiary/aromatic N) is 2. The molecular formula is C20H16F3N3O4S. The second kappa shape index (κ2) is 7.20. The molecule has 31 heavy (non-hydrogen) atoms. The Kier molecular flexibility index (Phi) is 4.90. The van der Waals surface area contributed by atoms with Gasteiger partial charge in [0.25, 0.3) is 5.91 Å². The average Bonchev–Trinajstić information content (AvgIpc) is 3.20. The predicted molar refractivity (Wildman–Crippen MR) is 107 cm³/mol. The van der Waals surface area contributed by atoms with E-state index in [1.165, 1.54) is 0 Å². The summed E-state index contributed by atoms with van der Waals surface area (Å²) in [5.74, 6) is -0.325. The topological polar surface area (TPSA) is 102 Å². The maximum absolute atomic E-state index is 13.6. The van der Waals surface area contributed by atoms with E-state index in [-0.39, 0.29) is 16.7 Å². The van der Waals surface area contributed by atoms with Crippen LogP contribution in [0.3, 0.4) is 0 Å². The third-order valence-electron chi connectivity index (χ3n) is 4.79. The summed E-state index contributed by atoms with van der Waals surface area (Å²) in [5.41, 5.74) is -0.733. The van der Waals surface area contributed by atoms with Gasteiger partial charge in [-0.3, -0.25) is 4.79 Å². The van der Waals surface area contributed by atoms with Crippen molar-refractivity contribution in [3.8, 4) is 5.75 Å². The lowest BCUT2D eigenvalue weighted by Crippen LogP contribution is -2.25. The molecule has 2 aromatic carbocycles. The van der Waals surface area contributed by atoms with E-state index in [4.69, 9.17) is 9.88 Å². The number of alkyl halides is 3. The monoisotopic (exact) mass is 451 g/mol. The van der Waals surface area contributed by atoms with Crippen LogP contribution in [0, 0.1) is 0 Å². The molecule has 0 aliphatic carbocycles. The van der Waals surface area contributed by atoms with Gasteiger partial charge in [-0.15, -0.1) is 0 Å². The van der Waals surface area contributed by atoms with Gasteiger partial charge in [0.1, 0.15) is 11.9 Å². The first-order valence-corrected chi connectivity index (χ1v) is 10.6. The van der Waals surface area contributed by atoms with Crippen LogP contribution in [0.4, 0.5) is 18.9 Å². The van der Waals surface area contributed by atoms with Crippen LogP contribution in [0.1, 0.15) is 18.1 Å². The van der Waals surface area contributed by atoms with E-state index in [0.717, 1.165) is 35.9 Å². The van der Waals surface area contributed by atoms with Gasteiger partial charge in [0.05, 0.1) is 16.2 Å². The highest BCUT2D eigenvalue weighted by Crippen LogP contribution is 2.34. The number of anilines is 1. The lowest BCUT2D eigenvalue weighted by atomic mass is 10.0. The number of hydrogen-bond acceptors (Lipinski definition) is 5. The van der Waals surface area contributed by atoms with Gasteiger partial charge in [-0.25, -0.2) is 13.6 Å². The van der Waals surface area contributed by atoms with E-state index >= 15 is 0 Å². The van der Waals surface area contributed by atoms with Gasteiger partial charge in [0.15, 0.2) is 5.71 Å². The quantitative estimate of drug-likeness (QED) is 0.725. The Morgan fingerprint density at radius 3 is 2.48 bits per heavy atom. The van der Waals surface area contributed by atoms with Crippen molar-refractivity contribution in [1.82, 2.24) is 0 Å². The van der Waals surface area contributed by atoms with Crippen LogP contribution in [-0.2, 0) is 21.2 Å². The number of carbonyl (C=O) groups excluding carboxylic acids is 1. The molecule has 1 amide bonds. The predicted octanol–water partition coefficient (Wildman–Crippen LogP) is 3.01. The van der Waals surface area contributed by atoms with Gasteiger partial charge in [-0.05, 0) is 60.5 Å². The highest BCUT2D eigenvalue weighted by Gasteiger charge is 2.46. The fourth-order valence-corrected chi connectivity index (χ4v) is 3.92. The SMILES string of the molecule is C[C@H]1Cc2cc(/C=C3\C(=O)N(c4ccc(S(N)(=O)=O)cc4)N=C3C(F)(F)F)ccc2O1. The smallest absolute Gasteiger partial charge is 0.435 e. The Morgan fingerprint density at radius 2 is 1.87 bits per heavy atom. The van der Waals surface area contributed by atoms with Gasteiger partial charge < -0.3 is 4.74 Å². The number of hydrazone groups is 1. The first kappa shape index (κ1) is 21.1. The van der Waals surface area contributed by atoms with Crippen LogP contribution < -0.4 is 14.9 Å². The number of amides is 1. The van der Waals surface area contributed by atoms with Gasteiger partial charge >= 0.3 is 6.18 Å². The highest BCUT2D eigenvalue weighted by molar-refractivity contribution is 7.89. The van der Waals surface area contributed by atoms with Gasteiger partial charge in [-0.1, -0.05) is 6.07 Å². The molecule has 2 aliphatic rings. The number of fused-ring (bicyclic) bond motifs is 1. The summed E-state index contributed by atoms with van der Waals surface area (Å²) in [4.78, 5) is 12.6. The zero-order chi connectivity index (χ0) is 22.6. The van der Waals surface area contributed by atoms with Crippen molar-refractivity contribution >= 4 is 33.4 Å². The molecule has 4 rings (SSSR count). The second-order valence-electron chi connectivity index (χ2n) is 7.16. The minimum absolute atomic E-state index is 0.0290. The van der Waals surface area contributed by atoms with Crippen molar-refractivity contribution in [1.29, 1.82) is 0 Å². The molecule has 1 atom stereocenters. The molecule has 0 unspecified atom stereocenters. The molecule has 0 aromatic heterocycles. The molecule has 0 radical (unpaired) electrons. The first-order valence-electron chi connectivity index (χ1n) is 9.08. The fraction of sp³-hybridized carbons (Fsp3) is 0.200. The van der Waals surface area contributed by atoms with Crippen LogP contribution in [-0.4, -0.2) is 32.3 Å². The zero-order valence-corrected chi connectivity index (χ0v) is 16.9. The first-order chi connectivity index (χ1) is 14.4. The van der Waals surface area contributed by atoms with Gasteiger partial charge in [0.2, 0.25) is 10.0 Å². The number of carbonyl (C=O) groups is 1. The highest BCUT2D eigenvalue weighted by atomic mass is 32.2. The third kappa shape index (κ3) is 4.06. The molecule has 0 saturated heterocycles. The molecule has 2 aliphatic heterocycles. The summed E-state index contributed by atoms with van der Waals surface area (Å²) in [7, 11) is -3.99. The number of hydrogen-bond donors (Lipinski definition) is 1. The Hall–Kier alpha value is -3.18. The van der Waals surface area contributed by atoms with Crippen molar-refractivity contribution in [3.63, 3.8) is 0 Å². The van der Waals surface area contributed by atoms with Crippen LogP contribution in [0.5, 0.6) is 5.75 Å². The summed E-state index contributed by atoms with van der Waals surface area (Å²) >= 11 is 0. The van der Waals surface area contributed by atoms with E-state index in [2.05, 4.69) is 5.10 Å². The maximum Gasteiger partial charge on any atom is 0.435 e. The number of primary sulfonamides is 1. The number of rotatable bonds is 3. The molecule has 0 saturated carbocycles. The van der Waals surface area contributed by atoms with E-state index in [9.17, 15) is 26.4 Å². The molecule has 0 spiro atoms. The number of nitrogens with two attached hydrogens (primary N) is 1. The van der Waals surface area contributed by atoms with Crippen LogP contribution >= 0.6 is 0 Å². The summed E-state index contributed by atoms with van der Waals surface area (Å²) in [5, 5.41) is 9.07. The summed E-state index contributed by atoms with van der Waals surface area (Å²) < 4.78 is 69.1. The molecule has 2 aromatic rings. The number of halogens is 3. The average molecular weight is 451 g/mol. The standard InChI is InChI=1S/C20H16F3N3O4S/c1-11-8-13-9-12(2-7-17(13)30-11)10-16-18(20(21,22)23)25-26(19(16)27)14-3-5-15(6-4-14)31(24,28)29/h2-7,9-11H,8H2,1H3,(H2,24,28,29)/b16-10-/t11-/m0/s1. The summed E-state index contributed by atoms with van der Waals surface area (Å²) in [6, 6.07) is 9.39. The van der Waals surface area contributed by atoms with Crippen LogP contribution in [0.2, 0.25) is 0 Å². The number of sulfonamides is 1. The summed E-state index contributed by atoms with van der Waals surface area (Å²) in [6.07, 6.45) is -3.15. The van der Waals surface area contributed by atoms with Gasteiger partial charge in [-0.2, -0.15) is 23.3 Å². The van der Waals surface area contributed by atoms with Crippen molar-refractivity contribution < 1.29 is 31.1 Å². The van der Waals surface area contributed by atoms with E-state index in [0.29, 0.717) is 22.7 Å². The maximum atomic E-state index is 13.6. The van der Waals surface area contributed by atoms with E-state index in [1.54, 1.807) is 18.2 Å². The molecular weight excluding hydrogens is 435 g/mol. The Morgan fingerprint density at radius 1 is 1.19 bits per heavy atom. The Balaban J connectivity index is 1.72. The van der Waals surface area contributed by atoms with Crippen molar-refractivity contribution in [2.24, 2.45) is 10.2 Å². The molecule has 162 valence electrons. The fourth-order valence-electron chi connectivity index (χ4n) is 3.40. The molecule has 7 nitrogen and oxygen atoms in total. The minimum atomic E-state index is -4.87. The molecule has 11 heteroatoms. The normalized spacial score (nSPS) is 20.1. The minimum Gasteiger partial charge on any atom is -0.490 e.